The summed E-state index contributed by atoms with van der Waals surface area (Å²) in [5, 5.41) is 16.7. The molecule has 0 aliphatic heterocycles. The number of benzene rings is 2. The zero-order valence-corrected chi connectivity index (χ0v) is 14.7. The van der Waals surface area contributed by atoms with Crippen molar-refractivity contribution < 1.29 is 9.72 Å². The molecule has 2 aromatic carbocycles. The SMILES string of the molecule is Cc1ccc(NC(=S)NC(=O)C=Cc2ccccc2Cl)cc1[N+](=O)[O-]. The number of carbonyl (C=O) groups is 1. The van der Waals surface area contributed by atoms with Crippen LogP contribution >= 0.6 is 23.8 Å². The second kappa shape index (κ2) is 8.36. The second-order valence-electron chi connectivity index (χ2n) is 5.06. The maximum atomic E-state index is 11.9. The quantitative estimate of drug-likeness (QED) is 0.364. The van der Waals surface area contributed by atoms with Gasteiger partial charge in [-0.1, -0.05) is 35.9 Å². The molecular weight excluding hydrogens is 362 g/mol. The van der Waals surface area contributed by atoms with Gasteiger partial charge in [0.05, 0.1) is 4.92 Å². The van der Waals surface area contributed by atoms with E-state index in [1.165, 1.54) is 12.1 Å². The molecule has 0 aliphatic carbocycles. The minimum Gasteiger partial charge on any atom is -0.332 e. The molecule has 0 unspecified atom stereocenters. The van der Waals surface area contributed by atoms with Gasteiger partial charge in [0.1, 0.15) is 0 Å². The fourth-order valence-corrected chi connectivity index (χ4v) is 2.39. The zero-order chi connectivity index (χ0) is 18.4. The minimum atomic E-state index is -0.478. The van der Waals surface area contributed by atoms with Crippen LogP contribution in [-0.2, 0) is 4.79 Å². The Labute approximate surface area is 154 Å². The summed E-state index contributed by atoms with van der Waals surface area (Å²) in [4.78, 5) is 22.3. The fourth-order valence-electron chi connectivity index (χ4n) is 1.98. The number of anilines is 1. The highest BCUT2D eigenvalue weighted by atomic mass is 35.5. The van der Waals surface area contributed by atoms with Gasteiger partial charge in [-0.15, -0.1) is 0 Å². The Bertz CT molecular complexity index is 868. The first-order chi connectivity index (χ1) is 11.9. The van der Waals surface area contributed by atoms with E-state index < -0.39 is 10.8 Å². The molecule has 2 N–H and O–H groups in total. The van der Waals surface area contributed by atoms with Gasteiger partial charge in [-0.05, 0) is 42.9 Å². The predicted molar refractivity (Wildman–Crippen MR) is 103 cm³/mol. The summed E-state index contributed by atoms with van der Waals surface area (Å²) in [6, 6.07) is 11.7. The van der Waals surface area contributed by atoms with E-state index in [2.05, 4.69) is 10.6 Å². The summed E-state index contributed by atoms with van der Waals surface area (Å²) in [7, 11) is 0. The molecule has 6 nitrogen and oxygen atoms in total. The molecule has 2 aromatic rings. The number of aryl methyl sites for hydroxylation is 1. The molecule has 0 radical (unpaired) electrons. The van der Waals surface area contributed by atoms with Crippen molar-refractivity contribution in [2.75, 3.05) is 5.32 Å². The van der Waals surface area contributed by atoms with E-state index in [4.69, 9.17) is 23.8 Å². The molecular formula is C17H14ClN3O3S. The van der Waals surface area contributed by atoms with Gasteiger partial charge in [0.2, 0.25) is 5.91 Å². The third-order valence-electron chi connectivity index (χ3n) is 3.22. The van der Waals surface area contributed by atoms with Crippen LogP contribution in [0.5, 0.6) is 0 Å². The number of rotatable bonds is 4. The van der Waals surface area contributed by atoms with Gasteiger partial charge in [0.25, 0.3) is 5.69 Å². The number of halogens is 1. The highest BCUT2D eigenvalue weighted by Gasteiger charge is 2.11. The van der Waals surface area contributed by atoms with Crippen LogP contribution in [0.1, 0.15) is 11.1 Å². The zero-order valence-electron chi connectivity index (χ0n) is 13.2. The molecule has 8 heteroatoms. The van der Waals surface area contributed by atoms with Gasteiger partial charge in [-0.25, -0.2) is 0 Å². The molecule has 0 spiro atoms. The van der Waals surface area contributed by atoms with Gasteiger partial charge in [-0.3, -0.25) is 20.2 Å². The molecule has 1 amide bonds. The third kappa shape index (κ3) is 5.37. The number of nitro benzene ring substituents is 1. The summed E-state index contributed by atoms with van der Waals surface area (Å²) in [5.74, 6) is -0.445. The lowest BCUT2D eigenvalue weighted by Gasteiger charge is -2.08. The smallest absolute Gasteiger partial charge is 0.274 e. The number of carbonyl (C=O) groups excluding carboxylic acids is 1. The van der Waals surface area contributed by atoms with Crippen molar-refractivity contribution in [3.63, 3.8) is 0 Å². The first-order valence-corrected chi connectivity index (χ1v) is 7.95. The number of thiocarbonyl (C=S) groups is 1. The summed E-state index contributed by atoms with van der Waals surface area (Å²) in [5.41, 5.74) is 1.62. The van der Waals surface area contributed by atoms with Crippen molar-refractivity contribution in [2.45, 2.75) is 6.92 Å². The van der Waals surface area contributed by atoms with E-state index >= 15 is 0 Å². The normalized spacial score (nSPS) is 10.5. The van der Waals surface area contributed by atoms with Crippen LogP contribution in [0.3, 0.4) is 0 Å². The van der Waals surface area contributed by atoms with E-state index in [9.17, 15) is 14.9 Å². The fraction of sp³-hybridized carbons (Fsp3) is 0.0588. The van der Waals surface area contributed by atoms with Crippen molar-refractivity contribution in [1.29, 1.82) is 0 Å². The summed E-state index contributed by atoms with van der Waals surface area (Å²) in [6.07, 6.45) is 2.86. The van der Waals surface area contributed by atoms with Gasteiger partial charge >= 0.3 is 0 Å². The molecule has 25 heavy (non-hydrogen) atoms. The minimum absolute atomic E-state index is 0.0299. The largest absolute Gasteiger partial charge is 0.332 e. The lowest BCUT2D eigenvalue weighted by molar-refractivity contribution is -0.385. The summed E-state index contributed by atoms with van der Waals surface area (Å²) < 4.78 is 0. The van der Waals surface area contributed by atoms with Crippen LogP contribution in [-0.4, -0.2) is 15.9 Å². The van der Waals surface area contributed by atoms with Crippen molar-refractivity contribution in [2.24, 2.45) is 0 Å². The van der Waals surface area contributed by atoms with Crippen LogP contribution < -0.4 is 10.6 Å². The average Bonchev–Trinajstić information content (AvgIpc) is 2.55. The first kappa shape index (κ1) is 18.6. The molecule has 0 saturated heterocycles. The molecule has 0 heterocycles. The van der Waals surface area contributed by atoms with Crippen LogP contribution in [0.25, 0.3) is 6.08 Å². The average molecular weight is 376 g/mol. The predicted octanol–water partition coefficient (Wildman–Crippen LogP) is 4.08. The van der Waals surface area contributed by atoms with E-state index in [0.717, 1.165) is 0 Å². The van der Waals surface area contributed by atoms with Crippen LogP contribution in [0.2, 0.25) is 5.02 Å². The molecule has 0 atom stereocenters. The Balaban J connectivity index is 1.98. The van der Waals surface area contributed by atoms with E-state index in [1.807, 2.05) is 0 Å². The van der Waals surface area contributed by atoms with Crippen molar-refractivity contribution >= 4 is 52.3 Å². The molecule has 2 rings (SSSR count). The van der Waals surface area contributed by atoms with Gasteiger partial charge in [0, 0.05) is 28.4 Å². The number of nitrogens with one attached hydrogen (secondary N) is 2. The standard InChI is InChI=1S/C17H14ClN3O3S/c1-11-6-8-13(10-15(11)21(23)24)19-17(25)20-16(22)9-7-12-4-2-3-5-14(12)18/h2-10H,1H3,(H2,19,20,22,25). The van der Waals surface area contributed by atoms with Crippen LogP contribution in [0, 0.1) is 17.0 Å². The monoisotopic (exact) mass is 375 g/mol. The van der Waals surface area contributed by atoms with Gasteiger partial charge < -0.3 is 5.32 Å². The Morgan fingerprint density at radius 2 is 2.00 bits per heavy atom. The number of hydrogen-bond donors (Lipinski definition) is 2. The Kier molecular flexibility index (Phi) is 6.21. The van der Waals surface area contributed by atoms with Crippen molar-refractivity contribution in [1.82, 2.24) is 5.32 Å². The molecule has 0 aliphatic rings. The Hall–Kier alpha value is -2.77. The number of amides is 1. The summed E-state index contributed by atoms with van der Waals surface area (Å²) >= 11 is 11.0. The molecule has 0 bridgehead atoms. The maximum absolute atomic E-state index is 11.9. The van der Waals surface area contributed by atoms with E-state index in [-0.39, 0.29) is 10.8 Å². The lowest BCUT2D eigenvalue weighted by Crippen LogP contribution is -2.32. The van der Waals surface area contributed by atoms with Crippen LogP contribution in [0.15, 0.2) is 48.5 Å². The number of nitrogens with zero attached hydrogens (tertiary/aromatic N) is 1. The topological polar surface area (TPSA) is 84.3 Å². The molecule has 128 valence electrons. The highest BCUT2D eigenvalue weighted by Crippen LogP contribution is 2.22. The third-order valence-corrected chi connectivity index (χ3v) is 3.77. The number of nitro groups is 1. The Morgan fingerprint density at radius 1 is 1.28 bits per heavy atom. The second-order valence-corrected chi connectivity index (χ2v) is 5.87. The van der Waals surface area contributed by atoms with E-state index in [0.29, 0.717) is 21.8 Å². The van der Waals surface area contributed by atoms with E-state index in [1.54, 1.807) is 49.4 Å². The van der Waals surface area contributed by atoms with Crippen LogP contribution in [0.4, 0.5) is 11.4 Å². The first-order valence-electron chi connectivity index (χ1n) is 7.16. The Morgan fingerprint density at radius 3 is 2.68 bits per heavy atom. The van der Waals surface area contributed by atoms with Gasteiger partial charge in [-0.2, -0.15) is 0 Å². The number of hydrogen-bond acceptors (Lipinski definition) is 4. The van der Waals surface area contributed by atoms with Gasteiger partial charge in [0.15, 0.2) is 5.11 Å². The lowest BCUT2D eigenvalue weighted by atomic mass is 10.2. The molecule has 0 aromatic heterocycles. The molecule has 0 fully saturated rings. The molecule has 0 saturated carbocycles. The van der Waals surface area contributed by atoms with Crippen molar-refractivity contribution in [3.8, 4) is 0 Å². The van der Waals surface area contributed by atoms with Crippen molar-refractivity contribution in [3.05, 3.63) is 74.8 Å². The highest BCUT2D eigenvalue weighted by molar-refractivity contribution is 7.80. The summed E-state index contributed by atoms with van der Waals surface area (Å²) in [6.45, 7) is 1.64. The maximum Gasteiger partial charge on any atom is 0.274 e.